The fourth-order valence-electron chi connectivity index (χ4n) is 3.19. The molecule has 2 heterocycles. The number of amides is 1. The first-order valence-corrected chi connectivity index (χ1v) is 11.8. The van der Waals surface area contributed by atoms with Crippen LogP contribution in [0.2, 0.25) is 5.02 Å². The van der Waals surface area contributed by atoms with Gasteiger partial charge < -0.3 is 10.1 Å². The van der Waals surface area contributed by atoms with E-state index in [2.05, 4.69) is 15.5 Å². The van der Waals surface area contributed by atoms with Gasteiger partial charge >= 0.3 is 5.97 Å². The van der Waals surface area contributed by atoms with E-state index in [0.29, 0.717) is 5.56 Å². The summed E-state index contributed by atoms with van der Waals surface area (Å²) in [6, 6.07) is 9.83. The maximum atomic E-state index is 14.1. The molecule has 2 aromatic carbocycles. The zero-order valence-corrected chi connectivity index (χ0v) is 18.8. The number of thiophene rings is 1. The quantitative estimate of drug-likeness (QED) is 0.522. The number of nitrogens with zero attached hydrogens (tertiary/aromatic N) is 1. The van der Waals surface area contributed by atoms with Gasteiger partial charge in [0, 0.05) is 12.2 Å². The summed E-state index contributed by atoms with van der Waals surface area (Å²) in [7, 11) is -3.00. The second kappa shape index (κ2) is 8.51. The van der Waals surface area contributed by atoms with Crippen molar-refractivity contribution in [3.8, 4) is 0 Å². The van der Waals surface area contributed by atoms with E-state index in [9.17, 15) is 22.4 Å². The molecular weight excluding hydrogens is 481 g/mol. The Morgan fingerprint density at radius 3 is 2.75 bits per heavy atom. The second-order valence-corrected chi connectivity index (χ2v) is 9.68. The van der Waals surface area contributed by atoms with E-state index in [1.165, 1.54) is 36.8 Å². The lowest BCUT2D eigenvalue weighted by Crippen LogP contribution is -2.38. The highest BCUT2D eigenvalue weighted by atomic mass is 35.5. The van der Waals surface area contributed by atoms with Gasteiger partial charge in [-0.3, -0.25) is 4.79 Å². The number of hydrogen-bond donors (Lipinski definition) is 2. The zero-order chi connectivity index (χ0) is 23.0. The largest absolute Gasteiger partial charge is 0.465 e. The highest BCUT2D eigenvalue weighted by Crippen LogP contribution is 2.35. The predicted octanol–water partition coefficient (Wildman–Crippen LogP) is 3.79. The van der Waals surface area contributed by atoms with E-state index < -0.39 is 27.7 Å². The van der Waals surface area contributed by atoms with Crippen LogP contribution < -0.4 is 15.2 Å². The molecule has 1 aliphatic heterocycles. The van der Waals surface area contributed by atoms with Gasteiger partial charge in [0.15, 0.2) is 0 Å². The Morgan fingerprint density at radius 2 is 2.03 bits per heavy atom. The predicted molar refractivity (Wildman–Crippen MR) is 118 cm³/mol. The number of benzene rings is 2. The molecule has 0 unspecified atom stereocenters. The molecule has 0 atom stereocenters. The van der Waals surface area contributed by atoms with Crippen LogP contribution in [0, 0.1) is 5.82 Å². The number of fused-ring (bicyclic) bond motifs is 1. The highest BCUT2D eigenvalue weighted by molar-refractivity contribution is 7.93. The lowest BCUT2D eigenvalue weighted by atomic mass is 10.1. The molecule has 0 aliphatic carbocycles. The van der Waals surface area contributed by atoms with Gasteiger partial charge in [-0.2, -0.15) is 12.8 Å². The van der Waals surface area contributed by atoms with Crippen molar-refractivity contribution in [2.24, 2.45) is 0 Å². The first-order valence-electron chi connectivity index (χ1n) is 9.07. The molecule has 0 bridgehead atoms. The summed E-state index contributed by atoms with van der Waals surface area (Å²) in [6.45, 7) is 0.208. The number of hydrazine groups is 1. The number of sulfonamides is 1. The van der Waals surface area contributed by atoms with Crippen LogP contribution >= 0.6 is 22.9 Å². The standard InChI is InChI=1S/C20H15ClFN3O5S2/c1-30-20(27)18-16(7-8-31-18)32(28,29)25-15-9-12(6-5-11(15)10-23-25)24-19(26)17-13(21)3-2-4-14(17)22/h2-9,23H,10H2,1H3,(H,24,26). The number of carbonyl (C=O) groups excluding carboxylic acids is 2. The molecule has 3 aromatic rings. The average Bonchev–Trinajstić information content (AvgIpc) is 3.41. The molecule has 0 radical (unpaired) electrons. The highest BCUT2D eigenvalue weighted by Gasteiger charge is 2.35. The number of rotatable bonds is 5. The van der Waals surface area contributed by atoms with Gasteiger partial charge in [-0.1, -0.05) is 23.7 Å². The Kier molecular flexibility index (Phi) is 5.91. The molecule has 32 heavy (non-hydrogen) atoms. The van der Waals surface area contributed by atoms with Gasteiger partial charge in [0.1, 0.15) is 15.6 Å². The molecule has 166 valence electrons. The number of carbonyl (C=O) groups is 2. The summed E-state index contributed by atoms with van der Waals surface area (Å²) >= 11 is 6.89. The van der Waals surface area contributed by atoms with E-state index in [-0.39, 0.29) is 38.3 Å². The molecule has 1 aliphatic rings. The van der Waals surface area contributed by atoms with Gasteiger partial charge in [-0.15, -0.1) is 11.3 Å². The maximum Gasteiger partial charge on any atom is 0.349 e. The number of anilines is 2. The molecular formula is C20H15ClFN3O5S2. The van der Waals surface area contributed by atoms with Crippen molar-refractivity contribution in [3.63, 3.8) is 0 Å². The molecule has 0 fully saturated rings. The van der Waals surface area contributed by atoms with Crippen LogP contribution in [-0.4, -0.2) is 27.4 Å². The Hall–Kier alpha value is -2.99. The smallest absolute Gasteiger partial charge is 0.349 e. The number of ether oxygens (including phenoxy) is 1. The van der Waals surface area contributed by atoms with Crippen molar-refractivity contribution < 1.29 is 27.1 Å². The molecule has 8 nitrogen and oxygen atoms in total. The fourth-order valence-corrected chi connectivity index (χ4v) is 6.10. The van der Waals surface area contributed by atoms with Gasteiger partial charge in [-0.25, -0.2) is 14.6 Å². The summed E-state index contributed by atoms with van der Waals surface area (Å²) < 4.78 is 46.2. The van der Waals surface area contributed by atoms with E-state index in [4.69, 9.17) is 11.6 Å². The van der Waals surface area contributed by atoms with E-state index >= 15 is 0 Å². The number of hydrogen-bond acceptors (Lipinski definition) is 7. The first-order chi connectivity index (χ1) is 15.2. The van der Waals surface area contributed by atoms with Crippen molar-refractivity contribution in [2.75, 3.05) is 16.8 Å². The van der Waals surface area contributed by atoms with Crippen molar-refractivity contribution in [3.05, 3.63) is 74.7 Å². The van der Waals surface area contributed by atoms with Crippen molar-refractivity contribution >= 4 is 56.2 Å². The van der Waals surface area contributed by atoms with Crippen LogP contribution in [0.25, 0.3) is 0 Å². The summed E-state index contributed by atoms with van der Waals surface area (Å²) in [4.78, 5) is 24.2. The van der Waals surface area contributed by atoms with Crippen molar-refractivity contribution in [1.29, 1.82) is 0 Å². The lowest BCUT2D eigenvalue weighted by molar-refractivity contribution is 0.0602. The third-order valence-corrected chi connectivity index (χ3v) is 7.72. The number of halogens is 2. The van der Waals surface area contributed by atoms with Crippen LogP contribution in [0.4, 0.5) is 15.8 Å². The molecule has 1 amide bonds. The Morgan fingerprint density at radius 1 is 1.25 bits per heavy atom. The average molecular weight is 496 g/mol. The molecule has 4 rings (SSSR count). The number of nitrogens with one attached hydrogen (secondary N) is 2. The Bertz CT molecular complexity index is 1320. The normalized spacial score (nSPS) is 13.0. The van der Waals surface area contributed by atoms with Crippen LogP contribution in [-0.2, 0) is 21.3 Å². The fraction of sp³-hybridized carbons (Fsp3) is 0.100. The number of esters is 1. The third-order valence-electron chi connectivity index (χ3n) is 4.68. The molecule has 0 saturated carbocycles. The molecule has 0 saturated heterocycles. The molecule has 1 aromatic heterocycles. The Balaban J connectivity index is 1.67. The van der Waals surface area contributed by atoms with Crippen molar-refractivity contribution in [1.82, 2.24) is 5.43 Å². The molecule has 2 N–H and O–H groups in total. The van der Waals surface area contributed by atoms with Gasteiger partial charge in [0.25, 0.3) is 15.9 Å². The van der Waals surface area contributed by atoms with Crippen LogP contribution in [0.3, 0.4) is 0 Å². The second-order valence-electron chi connectivity index (χ2n) is 6.60. The summed E-state index contributed by atoms with van der Waals surface area (Å²) in [6.07, 6.45) is 0. The van der Waals surface area contributed by atoms with E-state index in [0.717, 1.165) is 21.8 Å². The summed E-state index contributed by atoms with van der Waals surface area (Å²) in [5.41, 5.74) is 3.58. The molecule has 0 spiro atoms. The monoisotopic (exact) mass is 495 g/mol. The lowest BCUT2D eigenvalue weighted by Gasteiger charge is -2.20. The maximum absolute atomic E-state index is 14.1. The van der Waals surface area contributed by atoms with Crippen LogP contribution in [0.1, 0.15) is 25.6 Å². The van der Waals surface area contributed by atoms with E-state index in [1.807, 2.05) is 0 Å². The summed E-state index contributed by atoms with van der Waals surface area (Å²) in [5, 5.41) is 3.95. The topological polar surface area (TPSA) is 105 Å². The van der Waals surface area contributed by atoms with Gasteiger partial charge in [-0.05, 0) is 41.3 Å². The first kappa shape index (κ1) is 22.2. The van der Waals surface area contributed by atoms with Crippen LogP contribution in [0.15, 0.2) is 52.7 Å². The minimum absolute atomic E-state index is 0.0534. The summed E-state index contributed by atoms with van der Waals surface area (Å²) in [5.74, 6) is -2.32. The van der Waals surface area contributed by atoms with Crippen LogP contribution in [0.5, 0.6) is 0 Å². The third kappa shape index (κ3) is 3.84. The zero-order valence-electron chi connectivity index (χ0n) is 16.4. The van der Waals surface area contributed by atoms with Gasteiger partial charge in [0.2, 0.25) is 0 Å². The minimum Gasteiger partial charge on any atom is -0.465 e. The van der Waals surface area contributed by atoms with E-state index in [1.54, 1.807) is 12.1 Å². The van der Waals surface area contributed by atoms with Crippen molar-refractivity contribution in [2.45, 2.75) is 11.4 Å². The minimum atomic E-state index is -4.17. The number of methoxy groups -OCH3 is 1. The Labute approximate surface area is 191 Å². The SMILES string of the molecule is COC(=O)c1sccc1S(=O)(=O)N1NCc2ccc(NC(=O)c3c(F)cccc3Cl)cc21. The van der Waals surface area contributed by atoms with Gasteiger partial charge in [0.05, 0.1) is 23.4 Å². The molecule has 12 heteroatoms.